The van der Waals surface area contributed by atoms with E-state index in [1.807, 2.05) is 24.3 Å². The van der Waals surface area contributed by atoms with E-state index in [-0.39, 0.29) is 5.75 Å². The molecule has 0 aromatic heterocycles. The smallest absolute Gasteiger partial charge is 0.133 e. The van der Waals surface area contributed by atoms with Crippen LogP contribution in [-0.4, -0.2) is 12.2 Å². The SMILES string of the molecule is COc1ccc(O)cc1Sc1ccc(Cl)cc1. The van der Waals surface area contributed by atoms with Crippen molar-refractivity contribution in [1.82, 2.24) is 0 Å². The van der Waals surface area contributed by atoms with Crippen molar-refractivity contribution in [2.75, 3.05) is 7.11 Å². The Morgan fingerprint density at radius 2 is 1.82 bits per heavy atom. The lowest BCUT2D eigenvalue weighted by atomic mass is 10.3. The predicted octanol–water partition coefficient (Wildman–Crippen LogP) is 4.21. The van der Waals surface area contributed by atoms with E-state index >= 15 is 0 Å². The summed E-state index contributed by atoms with van der Waals surface area (Å²) in [6.45, 7) is 0. The molecule has 0 saturated heterocycles. The average Bonchev–Trinajstić information content (AvgIpc) is 2.32. The molecule has 0 fully saturated rings. The van der Waals surface area contributed by atoms with E-state index in [4.69, 9.17) is 16.3 Å². The molecule has 0 spiro atoms. The fourth-order valence-corrected chi connectivity index (χ4v) is 2.46. The molecule has 2 rings (SSSR count). The van der Waals surface area contributed by atoms with E-state index in [9.17, 15) is 5.11 Å². The van der Waals surface area contributed by atoms with E-state index in [0.717, 1.165) is 15.5 Å². The Morgan fingerprint density at radius 3 is 2.47 bits per heavy atom. The summed E-state index contributed by atoms with van der Waals surface area (Å²) in [5, 5.41) is 10.2. The van der Waals surface area contributed by atoms with Crippen LogP contribution < -0.4 is 4.74 Å². The molecule has 0 amide bonds. The van der Waals surface area contributed by atoms with Gasteiger partial charge in [0, 0.05) is 9.92 Å². The van der Waals surface area contributed by atoms with Crippen LogP contribution in [0, 0.1) is 0 Å². The van der Waals surface area contributed by atoms with Gasteiger partial charge in [0.05, 0.1) is 12.0 Å². The van der Waals surface area contributed by atoms with Crippen LogP contribution in [0.5, 0.6) is 11.5 Å². The molecule has 17 heavy (non-hydrogen) atoms. The Hall–Kier alpha value is -1.32. The zero-order valence-electron chi connectivity index (χ0n) is 9.18. The first-order valence-corrected chi connectivity index (χ1v) is 6.19. The number of benzene rings is 2. The molecule has 0 saturated carbocycles. The van der Waals surface area contributed by atoms with Crippen molar-refractivity contribution in [3.8, 4) is 11.5 Å². The fraction of sp³-hybridized carbons (Fsp3) is 0.0769. The summed E-state index contributed by atoms with van der Waals surface area (Å²) in [5.74, 6) is 0.963. The Balaban J connectivity index is 2.28. The van der Waals surface area contributed by atoms with E-state index in [0.29, 0.717) is 5.02 Å². The highest BCUT2D eigenvalue weighted by Gasteiger charge is 2.06. The van der Waals surface area contributed by atoms with Gasteiger partial charge < -0.3 is 9.84 Å². The standard InChI is InChI=1S/C13H11ClO2S/c1-16-12-7-4-10(15)8-13(12)17-11-5-2-9(14)3-6-11/h2-8,15H,1H3. The van der Waals surface area contributed by atoms with Gasteiger partial charge in [0.25, 0.3) is 0 Å². The number of halogens is 1. The van der Waals surface area contributed by atoms with E-state index < -0.39 is 0 Å². The molecule has 0 aliphatic rings. The third kappa shape index (κ3) is 3.08. The second-order valence-corrected chi connectivity index (χ2v) is 4.94. The summed E-state index contributed by atoms with van der Waals surface area (Å²) in [5.41, 5.74) is 0. The number of ether oxygens (including phenoxy) is 1. The fourth-order valence-electron chi connectivity index (χ4n) is 1.37. The number of hydrogen-bond acceptors (Lipinski definition) is 3. The monoisotopic (exact) mass is 266 g/mol. The van der Waals surface area contributed by atoms with Crippen LogP contribution in [0.25, 0.3) is 0 Å². The lowest BCUT2D eigenvalue weighted by Gasteiger charge is -2.08. The number of phenols is 1. The third-order valence-corrected chi connectivity index (χ3v) is 3.49. The van der Waals surface area contributed by atoms with Gasteiger partial charge in [-0.05, 0) is 42.5 Å². The summed E-state index contributed by atoms with van der Waals surface area (Å²) >= 11 is 7.34. The van der Waals surface area contributed by atoms with Gasteiger partial charge in [-0.1, -0.05) is 23.4 Å². The van der Waals surface area contributed by atoms with E-state index in [2.05, 4.69) is 0 Å². The van der Waals surface area contributed by atoms with Crippen molar-refractivity contribution >= 4 is 23.4 Å². The first-order chi connectivity index (χ1) is 8.19. The normalized spacial score (nSPS) is 10.2. The molecular weight excluding hydrogens is 256 g/mol. The van der Waals surface area contributed by atoms with Crippen molar-refractivity contribution in [2.24, 2.45) is 0 Å². The van der Waals surface area contributed by atoms with Gasteiger partial charge in [-0.3, -0.25) is 0 Å². The minimum atomic E-state index is 0.224. The number of aromatic hydroxyl groups is 1. The Labute approximate surface area is 109 Å². The molecule has 88 valence electrons. The van der Waals surface area contributed by atoms with Crippen molar-refractivity contribution < 1.29 is 9.84 Å². The van der Waals surface area contributed by atoms with Crippen LogP contribution in [-0.2, 0) is 0 Å². The van der Waals surface area contributed by atoms with Gasteiger partial charge in [0.15, 0.2) is 0 Å². The van der Waals surface area contributed by atoms with Gasteiger partial charge in [-0.15, -0.1) is 0 Å². The first kappa shape index (κ1) is 12.1. The van der Waals surface area contributed by atoms with Crippen LogP contribution in [0.4, 0.5) is 0 Å². The Bertz CT molecular complexity index is 511. The maximum Gasteiger partial charge on any atom is 0.133 e. The summed E-state index contributed by atoms with van der Waals surface area (Å²) in [4.78, 5) is 1.91. The van der Waals surface area contributed by atoms with Crippen LogP contribution in [0.1, 0.15) is 0 Å². The second-order valence-electron chi connectivity index (χ2n) is 3.39. The molecule has 2 nitrogen and oxygen atoms in total. The highest BCUT2D eigenvalue weighted by atomic mass is 35.5. The van der Waals surface area contributed by atoms with Crippen LogP contribution in [0.15, 0.2) is 52.3 Å². The molecule has 0 aliphatic carbocycles. The van der Waals surface area contributed by atoms with Crippen LogP contribution >= 0.6 is 23.4 Å². The molecular formula is C13H11ClO2S. The van der Waals surface area contributed by atoms with Gasteiger partial charge >= 0.3 is 0 Å². The molecule has 0 aliphatic heterocycles. The van der Waals surface area contributed by atoms with Gasteiger partial charge in [-0.2, -0.15) is 0 Å². The van der Waals surface area contributed by atoms with Gasteiger partial charge in [0.2, 0.25) is 0 Å². The van der Waals surface area contributed by atoms with Crippen LogP contribution in [0.3, 0.4) is 0 Å². The summed E-state index contributed by atoms with van der Waals surface area (Å²) < 4.78 is 5.24. The number of phenolic OH excluding ortho intramolecular Hbond substituents is 1. The highest BCUT2D eigenvalue weighted by Crippen LogP contribution is 2.37. The molecule has 0 bridgehead atoms. The lowest BCUT2D eigenvalue weighted by molar-refractivity contribution is 0.401. The van der Waals surface area contributed by atoms with Gasteiger partial charge in [-0.25, -0.2) is 0 Å². The van der Waals surface area contributed by atoms with Crippen molar-refractivity contribution in [3.05, 3.63) is 47.5 Å². The third-order valence-electron chi connectivity index (χ3n) is 2.19. The molecule has 2 aromatic carbocycles. The van der Waals surface area contributed by atoms with E-state index in [1.165, 1.54) is 11.8 Å². The van der Waals surface area contributed by atoms with Crippen molar-refractivity contribution in [1.29, 1.82) is 0 Å². The molecule has 2 aromatic rings. The molecule has 1 N–H and O–H groups in total. The number of rotatable bonds is 3. The Morgan fingerprint density at radius 1 is 1.12 bits per heavy atom. The zero-order valence-corrected chi connectivity index (χ0v) is 10.8. The summed E-state index contributed by atoms with van der Waals surface area (Å²) in [7, 11) is 1.61. The number of methoxy groups -OCH3 is 1. The maximum atomic E-state index is 9.47. The predicted molar refractivity (Wildman–Crippen MR) is 70.2 cm³/mol. The maximum absolute atomic E-state index is 9.47. The largest absolute Gasteiger partial charge is 0.508 e. The molecule has 0 heterocycles. The molecule has 0 atom stereocenters. The average molecular weight is 267 g/mol. The topological polar surface area (TPSA) is 29.5 Å². The molecule has 0 radical (unpaired) electrons. The quantitative estimate of drug-likeness (QED) is 0.903. The second kappa shape index (κ2) is 5.34. The number of hydrogen-bond donors (Lipinski definition) is 1. The van der Waals surface area contributed by atoms with E-state index in [1.54, 1.807) is 25.3 Å². The van der Waals surface area contributed by atoms with Gasteiger partial charge in [0.1, 0.15) is 11.5 Å². The van der Waals surface area contributed by atoms with Crippen molar-refractivity contribution in [3.63, 3.8) is 0 Å². The molecule has 0 unspecified atom stereocenters. The summed E-state index contributed by atoms with van der Waals surface area (Å²) in [6, 6.07) is 12.5. The highest BCUT2D eigenvalue weighted by molar-refractivity contribution is 7.99. The molecule has 4 heteroatoms. The summed E-state index contributed by atoms with van der Waals surface area (Å²) in [6.07, 6.45) is 0. The zero-order chi connectivity index (χ0) is 12.3. The Kier molecular flexibility index (Phi) is 3.82. The van der Waals surface area contributed by atoms with Crippen molar-refractivity contribution in [2.45, 2.75) is 9.79 Å². The minimum absolute atomic E-state index is 0.224. The minimum Gasteiger partial charge on any atom is -0.508 e. The first-order valence-electron chi connectivity index (χ1n) is 4.99. The van der Waals surface area contributed by atoms with Crippen LogP contribution in [0.2, 0.25) is 5.02 Å². The lowest BCUT2D eigenvalue weighted by Crippen LogP contribution is -1.85.